The minimum Gasteiger partial charge on any atom is -0.493 e. The van der Waals surface area contributed by atoms with E-state index in [0.29, 0.717) is 6.61 Å². The molecule has 25 heavy (non-hydrogen) atoms. The fraction of sp³-hybridized carbons (Fsp3) is 0.500. The minimum absolute atomic E-state index is 0.250. The Morgan fingerprint density at radius 3 is 2.76 bits per heavy atom. The molecule has 4 nitrogen and oxygen atoms in total. The zero-order chi connectivity index (χ0) is 17.6. The second-order valence-corrected chi connectivity index (χ2v) is 7.21. The highest BCUT2D eigenvalue weighted by Crippen LogP contribution is 2.38. The van der Waals surface area contributed by atoms with Crippen molar-refractivity contribution in [3.8, 4) is 11.5 Å². The van der Waals surface area contributed by atoms with Crippen molar-refractivity contribution >= 4 is 11.3 Å². The fourth-order valence-corrected chi connectivity index (χ4v) is 4.19. The van der Waals surface area contributed by atoms with Crippen LogP contribution in [-0.4, -0.2) is 44.8 Å². The molecule has 0 aliphatic carbocycles. The molecule has 0 saturated heterocycles. The summed E-state index contributed by atoms with van der Waals surface area (Å²) in [5.41, 5.74) is 2.66. The number of rotatable bonds is 8. The van der Waals surface area contributed by atoms with E-state index in [0.717, 1.165) is 44.1 Å². The van der Waals surface area contributed by atoms with Gasteiger partial charge in [0, 0.05) is 18.0 Å². The van der Waals surface area contributed by atoms with Crippen LogP contribution in [0.2, 0.25) is 0 Å². The summed E-state index contributed by atoms with van der Waals surface area (Å²) in [6, 6.07) is 8.89. The normalized spacial score (nSPS) is 16.7. The molecule has 1 aromatic heterocycles. The zero-order valence-electron chi connectivity index (χ0n) is 15.4. The number of ether oxygens (including phenoxy) is 2. The number of hydrogen-bond donors (Lipinski definition) is 1. The van der Waals surface area contributed by atoms with Gasteiger partial charge >= 0.3 is 0 Å². The van der Waals surface area contributed by atoms with Crippen molar-refractivity contribution in [2.24, 2.45) is 0 Å². The fourth-order valence-electron chi connectivity index (χ4n) is 3.37. The molecule has 136 valence electrons. The molecule has 0 amide bonds. The van der Waals surface area contributed by atoms with E-state index in [1.807, 2.05) is 0 Å². The molecule has 1 N–H and O–H groups in total. The monoisotopic (exact) mass is 360 g/mol. The van der Waals surface area contributed by atoms with Gasteiger partial charge in [0.2, 0.25) is 0 Å². The number of likely N-dealkylation sites (N-methyl/N-ethyl adjacent to an activating group) is 1. The lowest BCUT2D eigenvalue weighted by molar-refractivity contribution is 0.217. The van der Waals surface area contributed by atoms with Gasteiger partial charge in [-0.05, 0) is 54.2 Å². The van der Waals surface area contributed by atoms with Crippen molar-refractivity contribution in [1.29, 1.82) is 0 Å². The van der Waals surface area contributed by atoms with E-state index in [2.05, 4.69) is 53.7 Å². The van der Waals surface area contributed by atoms with Crippen LogP contribution in [0.1, 0.15) is 35.9 Å². The van der Waals surface area contributed by atoms with E-state index < -0.39 is 0 Å². The molecule has 1 unspecified atom stereocenters. The summed E-state index contributed by atoms with van der Waals surface area (Å²) in [6.07, 6.45) is 1.02. The van der Waals surface area contributed by atoms with Gasteiger partial charge < -0.3 is 19.7 Å². The van der Waals surface area contributed by atoms with Gasteiger partial charge in [-0.25, -0.2) is 0 Å². The predicted molar refractivity (Wildman–Crippen MR) is 104 cm³/mol. The molecule has 0 spiro atoms. The maximum Gasteiger partial charge on any atom is 0.161 e. The molecule has 0 radical (unpaired) electrons. The van der Waals surface area contributed by atoms with Crippen LogP contribution < -0.4 is 14.8 Å². The molecular formula is C20H28N2O2S. The van der Waals surface area contributed by atoms with Crippen LogP contribution in [-0.2, 0) is 6.42 Å². The predicted octanol–water partition coefficient (Wildman–Crippen LogP) is 3.71. The van der Waals surface area contributed by atoms with E-state index in [9.17, 15) is 0 Å². The van der Waals surface area contributed by atoms with Crippen LogP contribution in [0.15, 0.2) is 29.6 Å². The van der Waals surface area contributed by atoms with Crippen LogP contribution in [0.5, 0.6) is 11.5 Å². The Labute approximate surface area is 154 Å². The van der Waals surface area contributed by atoms with E-state index in [4.69, 9.17) is 9.47 Å². The van der Waals surface area contributed by atoms with Crippen LogP contribution in [0.25, 0.3) is 0 Å². The average Bonchev–Trinajstić information content (AvgIpc) is 3.18. The Bertz CT molecular complexity index is 669. The molecule has 2 aromatic rings. The lowest BCUT2D eigenvalue weighted by atomic mass is 9.92. The van der Waals surface area contributed by atoms with Crippen molar-refractivity contribution in [2.75, 3.05) is 39.9 Å². The largest absolute Gasteiger partial charge is 0.493 e. The second-order valence-electron chi connectivity index (χ2n) is 6.23. The molecule has 1 aromatic carbocycles. The Kier molecular flexibility index (Phi) is 6.34. The third kappa shape index (κ3) is 4.17. The molecule has 5 heteroatoms. The van der Waals surface area contributed by atoms with Gasteiger partial charge in [0.05, 0.1) is 13.2 Å². The number of fused-ring (bicyclic) bond motifs is 1. The zero-order valence-corrected chi connectivity index (χ0v) is 16.2. The van der Waals surface area contributed by atoms with Crippen molar-refractivity contribution in [3.05, 3.63) is 45.6 Å². The Morgan fingerprint density at radius 2 is 2.08 bits per heavy atom. The highest BCUT2D eigenvalue weighted by Gasteiger charge is 2.24. The number of hydrogen-bond acceptors (Lipinski definition) is 5. The Hall–Kier alpha value is -1.56. The van der Waals surface area contributed by atoms with Crippen LogP contribution in [0, 0.1) is 0 Å². The molecule has 0 saturated carbocycles. The molecule has 3 rings (SSSR count). The van der Waals surface area contributed by atoms with E-state index in [1.165, 1.54) is 16.0 Å². The topological polar surface area (TPSA) is 33.7 Å². The summed E-state index contributed by atoms with van der Waals surface area (Å²) in [5, 5.41) is 5.78. The Balaban J connectivity index is 1.82. The van der Waals surface area contributed by atoms with E-state index >= 15 is 0 Å². The van der Waals surface area contributed by atoms with E-state index in [-0.39, 0.29) is 6.04 Å². The standard InChI is InChI=1S/C20H28N2O2S/c1-4-22(5-2)10-11-24-18-14-16-15(13-17(18)23-3)8-9-21-20(16)19-7-6-12-25-19/h6-7,12-14,20-21H,4-5,8-11H2,1-3H3. The maximum atomic E-state index is 6.10. The quantitative estimate of drug-likeness (QED) is 0.778. The van der Waals surface area contributed by atoms with Crippen LogP contribution >= 0.6 is 11.3 Å². The number of nitrogens with one attached hydrogen (secondary N) is 1. The van der Waals surface area contributed by atoms with Gasteiger partial charge in [0.25, 0.3) is 0 Å². The van der Waals surface area contributed by atoms with Gasteiger partial charge in [-0.1, -0.05) is 19.9 Å². The summed E-state index contributed by atoms with van der Waals surface area (Å²) in [4.78, 5) is 3.71. The molecule has 1 aliphatic heterocycles. The Morgan fingerprint density at radius 1 is 1.24 bits per heavy atom. The molecule has 0 fully saturated rings. The lowest BCUT2D eigenvalue weighted by Gasteiger charge is -2.28. The minimum atomic E-state index is 0.250. The summed E-state index contributed by atoms with van der Waals surface area (Å²) < 4.78 is 11.7. The molecule has 2 heterocycles. The summed E-state index contributed by atoms with van der Waals surface area (Å²) in [6.45, 7) is 9.05. The summed E-state index contributed by atoms with van der Waals surface area (Å²) in [5.74, 6) is 1.68. The first kappa shape index (κ1) is 18.2. The van der Waals surface area contributed by atoms with Gasteiger partial charge in [-0.15, -0.1) is 11.3 Å². The number of benzene rings is 1. The first-order chi connectivity index (χ1) is 12.3. The highest BCUT2D eigenvalue weighted by atomic mass is 32.1. The first-order valence-corrected chi connectivity index (χ1v) is 9.97. The van der Waals surface area contributed by atoms with Crippen molar-refractivity contribution in [2.45, 2.75) is 26.3 Å². The van der Waals surface area contributed by atoms with Gasteiger partial charge in [0.1, 0.15) is 6.61 Å². The summed E-state index contributed by atoms with van der Waals surface area (Å²) in [7, 11) is 1.72. The van der Waals surface area contributed by atoms with E-state index in [1.54, 1.807) is 18.4 Å². The number of thiophene rings is 1. The smallest absolute Gasteiger partial charge is 0.161 e. The lowest BCUT2D eigenvalue weighted by Crippen LogP contribution is -2.30. The van der Waals surface area contributed by atoms with Gasteiger partial charge in [-0.2, -0.15) is 0 Å². The molecule has 0 bridgehead atoms. The molecule has 1 atom stereocenters. The first-order valence-electron chi connectivity index (χ1n) is 9.09. The number of nitrogens with zero attached hydrogens (tertiary/aromatic N) is 1. The molecular weight excluding hydrogens is 332 g/mol. The van der Waals surface area contributed by atoms with Crippen molar-refractivity contribution in [3.63, 3.8) is 0 Å². The third-order valence-electron chi connectivity index (χ3n) is 4.87. The van der Waals surface area contributed by atoms with Crippen molar-refractivity contribution < 1.29 is 9.47 Å². The van der Waals surface area contributed by atoms with Gasteiger partial charge in [-0.3, -0.25) is 0 Å². The average molecular weight is 361 g/mol. The van der Waals surface area contributed by atoms with Gasteiger partial charge in [0.15, 0.2) is 11.5 Å². The second kappa shape index (κ2) is 8.70. The highest BCUT2D eigenvalue weighted by molar-refractivity contribution is 7.10. The molecule has 1 aliphatic rings. The SMILES string of the molecule is CCN(CC)CCOc1cc2c(cc1OC)CCNC2c1cccs1. The summed E-state index contributed by atoms with van der Waals surface area (Å²) >= 11 is 1.80. The van der Waals surface area contributed by atoms with Crippen LogP contribution in [0.4, 0.5) is 0 Å². The number of methoxy groups -OCH3 is 1. The third-order valence-corrected chi connectivity index (χ3v) is 5.80. The van der Waals surface area contributed by atoms with Crippen molar-refractivity contribution in [1.82, 2.24) is 10.2 Å². The maximum absolute atomic E-state index is 6.10. The van der Waals surface area contributed by atoms with Crippen LogP contribution in [0.3, 0.4) is 0 Å².